The van der Waals surface area contributed by atoms with E-state index in [1.165, 1.54) is 11.1 Å². The van der Waals surface area contributed by atoms with Crippen LogP contribution in [-0.4, -0.2) is 6.54 Å². The molecule has 2 aromatic rings. The van der Waals surface area contributed by atoms with E-state index in [9.17, 15) is 4.39 Å². The van der Waals surface area contributed by atoms with Crippen LogP contribution >= 0.6 is 0 Å². The van der Waals surface area contributed by atoms with Gasteiger partial charge >= 0.3 is 0 Å². The summed E-state index contributed by atoms with van der Waals surface area (Å²) in [5, 5.41) is 3.31. The van der Waals surface area contributed by atoms with E-state index in [1.807, 2.05) is 44.2 Å². The number of para-hydroxylation sites is 1. The molecule has 98 valence electrons. The fraction of sp³-hybridized carbons (Fsp3) is 0.294. The summed E-state index contributed by atoms with van der Waals surface area (Å²) in [6.45, 7) is 4.92. The average molecular weight is 255 g/mol. The normalized spacial score (nSPS) is 14.9. The largest absolute Gasteiger partial charge is 0.384 e. The van der Waals surface area contributed by atoms with Crippen LogP contribution in [0.2, 0.25) is 0 Å². The van der Waals surface area contributed by atoms with Crippen molar-refractivity contribution in [3.05, 3.63) is 64.2 Å². The first-order valence-corrected chi connectivity index (χ1v) is 6.73. The lowest BCUT2D eigenvalue weighted by Crippen LogP contribution is -2.02. The number of rotatable bonds is 2. The third-order valence-corrected chi connectivity index (χ3v) is 3.85. The molecule has 1 unspecified atom stereocenters. The predicted octanol–water partition coefficient (Wildman–Crippen LogP) is 4.33. The van der Waals surface area contributed by atoms with Crippen molar-refractivity contribution in [2.75, 3.05) is 11.9 Å². The number of fused-ring (bicyclic) bond motifs is 1. The molecule has 2 aromatic carbocycles. The second kappa shape index (κ2) is 4.69. The molecule has 0 saturated heterocycles. The molecule has 3 rings (SSSR count). The second-order valence-corrected chi connectivity index (χ2v) is 5.28. The lowest BCUT2D eigenvalue weighted by molar-refractivity contribution is 0.401. The van der Waals surface area contributed by atoms with Gasteiger partial charge in [-0.3, -0.25) is 0 Å². The van der Waals surface area contributed by atoms with E-state index < -0.39 is 6.17 Å². The van der Waals surface area contributed by atoms with Crippen LogP contribution in [0.25, 0.3) is 0 Å². The van der Waals surface area contributed by atoms with Gasteiger partial charge in [-0.25, -0.2) is 4.39 Å². The van der Waals surface area contributed by atoms with Crippen molar-refractivity contribution < 1.29 is 4.39 Å². The Morgan fingerprint density at radius 3 is 2.74 bits per heavy atom. The monoisotopic (exact) mass is 255 g/mol. The van der Waals surface area contributed by atoms with E-state index in [2.05, 4.69) is 11.4 Å². The van der Waals surface area contributed by atoms with Crippen LogP contribution in [-0.2, 0) is 6.42 Å². The van der Waals surface area contributed by atoms with Crippen molar-refractivity contribution in [3.63, 3.8) is 0 Å². The number of anilines is 1. The van der Waals surface area contributed by atoms with Crippen LogP contribution in [0.4, 0.5) is 10.1 Å². The Labute approximate surface area is 113 Å². The van der Waals surface area contributed by atoms with Gasteiger partial charge < -0.3 is 5.32 Å². The predicted molar refractivity (Wildman–Crippen MR) is 77.5 cm³/mol. The van der Waals surface area contributed by atoms with Crippen LogP contribution < -0.4 is 5.32 Å². The van der Waals surface area contributed by atoms with Gasteiger partial charge in [0.1, 0.15) is 0 Å². The molecule has 0 saturated carbocycles. The quantitative estimate of drug-likeness (QED) is 0.842. The zero-order valence-electron chi connectivity index (χ0n) is 11.3. The highest BCUT2D eigenvalue weighted by atomic mass is 19.1. The minimum absolute atomic E-state index is 0.766. The summed E-state index contributed by atoms with van der Waals surface area (Å²) in [7, 11) is 0. The molecule has 0 bridgehead atoms. The molecule has 1 nitrogen and oxygen atoms in total. The lowest BCUT2D eigenvalue weighted by atomic mass is 9.95. The van der Waals surface area contributed by atoms with Crippen LogP contribution in [0.1, 0.15) is 34.0 Å². The summed E-state index contributed by atoms with van der Waals surface area (Å²) in [6, 6.07) is 11.8. The average Bonchev–Trinajstić information content (AvgIpc) is 2.86. The van der Waals surface area contributed by atoms with E-state index in [-0.39, 0.29) is 0 Å². The van der Waals surface area contributed by atoms with E-state index in [1.54, 1.807) is 0 Å². The topological polar surface area (TPSA) is 12.0 Å². The van der Waals surface area contributed by atoms with E-state index in [0.717, 1.165) is 35.3 Å². The molecular weight excluding hydrogens is 237 g/mol. The van der Waals surface area contributed by atoms with Crippen molar-refractivity contribution in [3.8, 4) is 0 Å². The van der Waals surface area contributed by atoms with Crippen molar-refractivity contribution >= 4 is 5.69 Å². The molecule has 0 radical (unpaired) electrons. The van der Waals surface area contributed by atoms with Gasteiger partial charge in [-0.05, 0) is 37.0 Å². The Morgan fingerprint density at radius 1 is 1.11 bits per heavy atom. The molecule has 0 fully saturated rings. The zero-order valence-corrected chi connectivity index (χ0v) is 11.3. The standard InChI is InChI=1S/C17H18FN/c1-11-6-7-14(12(2)10-11)16(18)15-5-3-4-13-8-9-19-17(13)15/h3-7,10,16,19H,8-9H2,1-2H3. The summed E-state index contributed by atoms with van der Waals surface area (Å²) in [6.07, 6.45) is -0.0656. The number of hydrogen-bond donors (Lipinski definition) is 1. The maximum atomic E-state index is 14.9. The highest BCUT2D eigenvalue weighted by molar-refractivity contribution is 5.63. The Balaban J connectivity index is 2.05. The summed E-state index contributed by atoms with van der Waals surface area (Å²) in [5.74, 6) is 0. The minimum atomic E-state index is -1.05. The number of nitrogens with one attached hydrogen (secondary N) is 1. The van der Waals surface area contributed by atoms with Gasteiger partial charge in [0.15, 0.2) is 6.17 Å². The van der Waals surface area contributed by atoms with Gasteiger partial charge in [-0.1, -0.05) is 42.0 Å². The van der Waals surface area contributed by atoms with Gasteiger partial charge in [0.05, 0.1) is 0 Å². The van der Waals surface area contributed by atoms with Gasteiger partial charge in [-0.2, -0.15) is 0 Å². The molecule has 19 heavy (non-hydrogen) atoms. The number of halogens is 1. The zero-order chi connectivity index (χ0) is 13.4. The van der Waals surface area contributed by atoms with E-state index in [0.29, 0.717) is 0 Å². The first kappa shape index (κ1) is 12.2. The van der Waals surface area contributed by atoms with Gasteiger partial charge in [0.25, 0.3) is 0 Å². The Bertz CT molecular complexity index is 619. The number of alkyl halides is 1. The maximum absolute atomic E-state index is 14.9. The number of aryl methyl sites for hydroxylation is 2. The highest BCUT2D eigenvalue weighted by Gasteiger charge is 2.22. The van der Waals surface area contributed by atoms with Gasteiger partial charge in [-0.15, -0.1) is 0 Å². The number of hydrogen-bond acceptors (Lipinski definition) is 1. The molecule has 1 heterocycles. The van der Waals surface area contributed by atoms with Gasteiger partial charge in [0.2, 0.25) is 0 Å². The van der Waals surface area contributed by atoms with Crippen LogP contribution in [0, 0.1) is 13.8 Å². The van der Waals surface area contributed by atoms with Crippen LogP contribution in [0.3, 0.4) is 0 Å². The lowest BCUT2D eigenvalue weighted by Gasteiger charge is -2.16. The SMILES string of the molecule is Cc1ccc(C(F)c2cccc3c2NCC3)c(C)c1. The fourth-order valence-corrected chi connectivity index (χ4v) is 2.85. The highest BCUT2D eigenvalue weighted by Crippen LogP contribution is 2.37. The molecule has 0 aromatic heterocycles. The smallest absolute Gasteiger partial charge is 0.152 e. The van der Waals surface area contributed by atoms with E-state index in [4.69, 9.17) is 0 Å². The first-order chi connectivity index (χ1) is 9.16. The second-order valence-electron chi connectivity index (χ2n) is 5.28. The first-order valence-electron chi connectivity index (χ1n) is 6.73. The van der Waals surface area contributed by atoms with Crippen molar-refractivity contribution in [1.82, 2.24) is 0 Å². The molecular formula is C17H18FN. The van der Waals surface area contributed by atoms with E-state index >= 15 is 0 Å². The molecule has 0 amide bonds. The van der Waals surface area contributed by atoms with Crippen molar-refractivity contribution in [2.45, 2.75) is 26.4 Å². The molecule has 1 atom stereocenters. The molecule has 0 spiro atoms. The molecule has 2 heteroatoms. The fourth-order valence-electron chi connectivity index (χ4n) is 2.85. The summed E-state index contributed by atoms with van der Waals surface area (Å²) >= 11 is 0. The van der Waals surface area contributed by atoms with Gasteiger partial charge in [0, 0.05) is 17.8 Å². The minimum Gasteiger partial charge on any atom is -0.384 e. The Morgan fingerprint density at radius 2 is 1.95 bits per heavy atom. The third-order valence-electron chi connectivity index (χ3n) is 3.85. The molecule has 0 aliphatic carbocycles. The molecule has 1 aliphatic rings. The third kappa shape index (κ3) is 2.12. The van der Waals surface area contributed by atoms with Crippen molar-refractivity contribution in [2.24, 2.45) is 0 Å². The van der Waals surface area contributed by atoms with Crippen LogP contribution in [0.5, 0.6) is 0 Å². The Kier molecular flexibility index (Phi) is 3.02. The number of benzene rings is 2. The maximum Gasteiger partial charge on any atom is 0.152 e. The Hall–Kier alpha value is -1.83. The summed E-state index contributed by atoms with van der Waals surface area (Å²) in [4.78, 5) is 0. The van der Waals surface area contributed by atoms with Crippen molar-refractivity contribution in [1.29, 1.82) is 0 Å². The van der Waals surface area contributed by atoms with Crippen LogP contribution in [0.15, 0.2) is 36.4 Å². The molecule has 1 N–H and O–H groups in total. The summed E-state index contributed by atoms with van der Waals surface area (Å²) in [5.41, 5.74) is 5.95. The summed E-state index contributed by atoms with van der Waals surface area (Å²) < 4.78 is 14.9. The molecule has 1 aliphatic heterocycles.